The first kappa shape index (κ1) is 20.7. The van der Waals surface area contributed by atoms with Crippen LogP contribution >= 0.6 is 0 Å². The third-order valence-electron chi connectivity index (χ3n) is 1.15. The maximum absolute atomic E-state index is 10.7. The van der Waals surface area contributed by atoms with Crippen LogP contribution in [-0.2, 0) is 19.1 Å². The van der Waals surface area contributed by atoms with Crippen molar-refractivity contribution in [2.75, 3.05) is 0 Å². The second-order valence-corrected chi connectivity index (χ2v) is 2.24. The van der Waals surface area contributed by atoms with E-state index in [2.05, 4.69) is 11.3 Å². The molecule has 0 atom stereocenters. The van der Waals surface area contributed by atoms with Gasteiger partial charge in [0.05, 0.1) is 0 Å². The van der Waals surface area contributed by atoms with E-state index in [0.29, 0.717) is 0 Å². The Bertz CT molecular complexity index is 239. The van der Waals surface area contributed by atoms with Gasteiger partial charge in [-0.15, -0.1) is 0 Å². The zero-order valence-corrected chi connectivity index (χ0v) is 6.99. The Labute approximate surface area is 132 Å². The van der Waals surface area contributed by atoms with Gasteiger partial charge in [-0.1, -0.05) is 6.58 Å². The van der Waals surface area contributed by atoms with Crippen molar-refractivity contribution in [2.45, 2.75) is 19.3 Å². The molecule has 0 fully saturated rings. The van der Waals surface area contributed by atoms with Crippen molar-refractivity contribution in [1.82, 2.24) is 0 Å². The molecule has 0 unspecified atom stereocenters. The molecule has 0 aliphatic rings. The number of rotatable bonds is 5. The Balaban J connectivity index is -0.000000720. The molecule has 0 radical (unpaired) electrons. The first-order chi connectivity index (χ1) is 6.06. The molecule has 0 aromatic rings. The summed E-state index contributed by atoms with van der Waals surface area (Å²) in [7, 11) is 0. The number of esters is 2. The minimum absolute atomic E-state index is 0. The van der Waals surface area contributed by atoms with Gasteiger partial charge in [-0.3, -0.25) is 9.59 Å². The van der Waals surface area contributed by atoms with Crippen molar-refractivity contribution in [3.05, 3.63) is 12.7 Å². The summed E-state index contributed by atoms with van der Waals surface area (Å²) in [5, 5.41) is 8.22. The number of hydrogen-bond donors (Lipinski definition) is 1. The Kier molecular flexibility index (Phi) is 17.2. The zero-order chi connectivity index (χ0) is 10.3. The molecule has 76 valence electrons. The molecule has 1 N–H and O–H groups in total. The van der Waals surface area contributed by atoms with Crippen LogP contribution in [-0.4, -0.2) is 82.1 Å². The second kappa shape index (κ2) is 12.4. The van der Waals surface area contributed by atoms with Gasteiger partial charge in [0, 0.05) is 18.9 Å². The van der Waals surface area contributed by atoms with E-state index in [0.717, 1.165) is 6.08 Å². The van der Waals surface area contributed by atoms with E-state index in [1.165, 1.54) is 0 Å². The molecule has 0 saturated carbocycles. The maximum atomic E-state index is 10.7. The molecular formula is C8H12Na2O5. The summed E-state index contributed by atoms with van der Waals surface area (Å²) in [6.45, 7) is 3.10. The van der Waals surface area contributed by atoms with Gasteiger partial charge in [0.2, 0.25) is 0 Å². The average molecular weight is 234 g/mol. The predicted molar refractivity (Wildman–Crippen MR) is 57.1 cm³/mol. The fraction of sp³-hybridized carbons (Fsp3) is 0.375. The van der Waals surface area contributed by atoms with Crippen molar-refractivity contribution in [3.63, 3.8) is 0 Å². The molecule has 0 aromatic carbocycles. The summed E-state index contributed by atoms with van der Waals surface area (Å²) in [4.78, 5) is 31.2. The van der Waals surface area contributed by atoms with Crippen molar-refractivity contribution < 1.29 is 24.2 Å². The first-order valence-electron chi connectivity index (χ1n) is 3.65. The predicted octanol–water partition coefficient (Wildman–Crippen LogP) is -0.800. The van der Waals surface area contributed by atoms with Crippen LogP contribution in [0.5, 0.6) is 0 Å². The van der Waals surface area contributed by atoms with E-state index in [4.69, 9.17) is 5.11 Å². The van der Waals surface area contributed by atoms with E-state index < -0.39 is 17.9 Å². The van der Waals surface area contributed by atoms with Crippen LogP contribution in [0.25, 0.3) is 0 Å². The fourth-order valence-electron chi connectivity index (χ4n) is 0.589. The number of hydrogen-bond acceptors (Lipinski definition) is 4. The summed E-state index contributed by atoms with van der Waals surface area (Å²) < 4.78 is 4.19. The summed E-state index contributed by atoms with van der Waals surface area (Å²) in [6, 6.07) is 0. The number of aliphatic carboxylic acids is 1. The molecule has 0 rings (SSSR count). The molecule has 0 aliphatic heterocycles. The van der Waals surface area contributed by atoms with E-state index in [-0.39, 0.29) is 78.4 Å². The number of ether oxygens (including phenoxy) is 1. The molecule has 0 aromatic heterocycles. The zero-order valence-electron chi connectivity index (χ0n) is 6.99. The average Bonchev–Trinajstić information content (AvgIpc) is 2.03. The number of carbonyl (C=O) groups is 3. The van der Waals surface area contributed by atoms with Crippen LogP contribution in [0.2, 0.25) is 0 Å². The fourth-order valence-corrected chi connectivity index (χ4v) is 0.589. The van der Waals surface area contributed by atoms with Gasteiger partial charge in [-0.05, 0) is 6.42 Å². The Hall–Kier alpha value is 0.350. The van der Waals surface area contributed by atoms with Crippen molar-refractivity contribution >= 4 is 77.0 Å². The van der Waals surface area contributed by atoms with Gasteiger partial charge in [-0.2, -0.15) is 0 Å². The molecular weight excluding hydrogens is 222 g/mol. The molecule has 0 amide bonds. The molecule has 5 nitrogen and oxygen atoms in total. The third-order valence-corrected chi connectivity index (χ3v) is 1.15. The van der Waals surface area contributed by atoms with Crippen LogP contribution < -0.4 is 0 Å². The number of carboxylic acids is 1. The van der Waals surface area contributed by atoms with Crippen molar-refractivity contribution in [2.24, 2.45) is 0 Å². The summed E-state index contributed by atoms with van der Waals surface area (Å²) >= 11 is 0. The van der Waals surface area contributed by atoms with Crippen LogP contribution in [0.3, 0.4) is 0 Å². The van der Waals surface area contributed by atoms with E-state index in [1.54, 1.807) is 0 Å². The van der Waals surface area contributed by atoms with Gasteiger partial charge in [0.1, 0.15) is 0 Å². The Morgan fingerprint density at radius 3 is 2.13 bits per heavy atom. The van der Waals surface area contributed by atoms with Gasteiger partial charge in [0.15, 0.2) is 0 Å². The molecule has 0 bridgehead atoms. The van der Waals surface area contributed by atoms with E-state index in [9.17, 15) is 14.4 Å². The molecule has 7 heteroatoms. The van der Waals surface area contributed by atoms with Crippen LogP contribution in [0.15, 0.2) is 12.7 Å². The quantitative estimate of drug-likeness (QED) is 0.291. The Morgan fingerprint density at radius 2 is 1.73 bits per heavy atom. The second-order valence-electron chi connectivity index (χ2n) is 2.24. The monoisotopic (exact) mass is 234 g/mol. The minimum atomic E-state index is -0.983. The summed E-state index contributed by atoms with van der Waals surface area (Å²) in [6.07, 6.45) is 0.844. The third kappa shape index (κ3) is 14.4. The van der Waals surface area contributed by atoms with Crippen LogP contribution in [0.1, 0.15) is 19.3 Å². The molecule has 0 spiro atoms. The Morgan fingerprint density at radius 1 is 1.20 bits per heavy atom. The normalized spacial score (nSPS) is 7.73. The van der Waals surface area contributed by atoms with E-state index >= 15 is 0 Å². The standard InChI is InChI=1S/C8H10O5.2Na.2H/c1-2-7(11)13-8(12)5-3-4-6(9)10;;;;/h2H,1,3-5H2,(H,9,10);;;;. The van der Waals surface area contributed by atoms with Gasteiger partial charge in [-0.25, -0.2) is 4.79 Å². The van der Waals surface area contributed by atoms with Gasteiger partial charge >= 0.3 is 77.0 Å². The topological polar surface area (TPSA) is 80.7 Å². The van der Waals surface area contributed by atoms with Gasteiger partial charge < -0.3 is 9.84 Å². The van der Waals surface area contributed by atoms with E-state index in [1.807, 2.05) is 0 Å². The first-order valence-corrected chi connectivity index (χ1v) is 3.65. The number of carboxylic acid groups (broad SMARTS) is 1. The molecule has 0 heterocycles. The SMILES string of the molecule is C=CC(=O)OC(=O)CCCC(=O)O.[NaH].[NaH]. The van der Waals surface area contributed by atoms with Crippen molar-refractivity contribution in [1.29, 1.82) is 0 Å². The van der Waals surface area contributed by atoms with Crippen LogP contribution in [0, 0.1) is 0 Å². The molecule has 15 heavy (non-hydrogen) atoms. The van der Waals surface area contributed by atoms with Crippen LogP contribution in [0.4, 0.5) is 0 Å². The number of carbonyl (C=O) groups excluding carboxylic acids is 2. The molecule has 0 saturated heterocycles. The summed E-state index contributed by atoms with van der Waals surface area (Å²) in [5.74, 6) is -2.53. The van der Waals surface area contributed by atoms with Crippen molar-refractivity contribution in [3.8, 4) is 0 Å². The molecule has 0 aliphatic carbocycles. The van der Waals surface area contributed by atoms with Gasteiger partial charge in [0.25, 0.3) is 0 Å². The summed E-state index contributed by atoms with van der Waals surface area (Å²) in [5.41, 5.74) is 0.